The number of aromatic nitrogens is 1. The van der Waals surface area contributed by atoms with E-state index in [1.807, 2.05) is 30.0 Å². The number of carbonyl (C=O) groups is 1. The van der Waals surface area contributed by atoms with E-state index in [0.717, 1.165) is 48.1 Å². The van der Waals surface area contributed by atoms with Crippen molar-refractivity contribution in [2.24, 2.45) is 17.6 Å². The Balaban J connectivity index is 1.69. The molecule has 1 aromatic carbocycles. The summed E-state index contributed by atoms with van der Waals surface area (Å²) in [6.45, 7) is 3.57. The van der Waals surface area contributed by atoms with Crippen LogP contribution in [-0.4, -0.2) is 34.9 Å². The summed E-state index contributed by atoms with van der Waals surface area (Å²) >= 11 is 6.11. The third-order valence-corrected chi connectivity index (χ3v) is 5.60. The second kappa shape index (κ2) is 5.00. The molecule has 2 aromatic rings. The SMILES string of the molecule is Cc1[nH]c2ccc(Cl)cc2c1C(=O)N1CC2CCC(N)C2C1. The number of rotatable bonds is 1. The normalized spacial score (nSPS) is 27.6. The fraction of sp³-hybridized carbons (Fsp3) is 0.471. The fourth-order valence-corrected chi connectivity index (χ4v) is 4.38. The van der Waals surface area contributed by atoms with Crippen LogP contribution in [0.2, 0.25) is 5.02 Å². The number of aromatic amines is 1. The van der Waals surface area contributed by atoms with Crippen molar-refractivity contribution in [2.45, 2.75) is 25.8 Å². The Morgan fingerprint density at radius 2 is 2.18 bits per heavy atom. The van der Waals surface area contributed by atoms with Gasteiger partial charge in [0.25, 0.3) is 5.91 Å². The molecule has 3 N–H and O–H groups in total. The predicted molar refractivity (Wildman–Crippen MR) is 88.1 cm³/mol. The van der Waals surface area contributed by atoms with Crippen molar-refractivity contribution >= 4 is 28.4 Å². The van der Waals surface area contributed by atoms with Gasteiger partial charge in [-0.3, -0.25) is 4.79 Å². The van der Waals surface area contributed by atoms with Gasteiger partial charge in [-0.05, 0) is 49.8 Å². The van der Waals surface area contributed by atoms with E-state index in [9.17, 15) is 4.79 Å². The van der Waals surface area contributed by atoms with E-state index in [1.165, 1.54) is 0 Å². The highest BCUT2D eigenvalue weighted by molar-refractivity contribution is 6.31. The lowest BCUT2D eigenvalue weighted by Gasteiger charge is -2.19. The van der Waals surface area contributed by atoms with Gasteiger partial charge in [0.2, 0.25) is 0 Å². The van der Waals surface area contributed by atoms with E-state index in [1.54, 1.807) is 0 Å². The van der Waals surface area contributed by atoms with Crippen molar-refractivity contribution in [3.05, 3.63) is 34.5 Å². The lowest BCUT2D eigenvalue weighted by atomic mass is 9.98. The molecule has 1 saturated carbocycles. The van der Waals surface area contributed by atoms with Gasteiger partial charge in [0.1, 0.15) is 0 Å². The maximum atomic E-state index is 13.0. The van der Waals surface area contributed by atoms with Gasteiger partial charge in [-0.15, -0.1) is 0 Å². The smallest absolute Gasteiger partial charge is 0.256 e. The van der Waals surface area contributed by atoms with Crippen LogP contribution in [0, 0.1) is 18.8 Å². The molecule has 3 unspecified atom stereocenters. The number of carbonyl (C=O) groups excluding carboxylic acids is 1. The molecule has 0 spiro atoms. The Hall–Kier alpha value is -1.52. The molecule has 1 aliphatic heterocycles. The number of nitrogens with one attached hydrogen (secondary N) is 1. The first-order valence-corrected chi connectivity index (χ1v) is 8.25. The quantitative estimate of drug-likeness (QED) is 0.849. The lowest BCUT2D eigenvalue weighted by Crippen LogP contribution is -2.33. The van der Waals surface area contributed by atoms with Gasteiger partial charge in [-0.2, -0.15) is 0 Å². The van der Waals surface area contributed by atoms with Crippen LogP contribution in [0.25, 0.3) is 10.9 Å². The maximum absolute atomic E-state index is 13.0. The number of H-pyrrole nitrogens is 1. The lowest BCUT2D eigenvalue weighted by molar-refractivity contribution is 0.0781. The number of halogens is 1. The van der Waals surface area contributed by atoms with Crippen LogP contribution in [0.3, 0.4) is 0 Å². The summed E-state index contributed by atoms with van der Waals surface area (Å²) in [7, 11) is 0. The average molecular weight is 318 g/mol. The Kier molecular flexibility index (Phi) is 3.20. The van der Waals surface area contributed by atoms with Gasteiger partial charge >= 0.3 is 0 Å². The minimum Gasteiger partial charge on any atom is -0.358 e. The summed E-state index contributed by atoms with van der Waals surface area (Å²) in [5.41, 5.74) is 8.80. The summed E-state index contributed by atoms with van der Waals surface area (Å²) in [5.74, 6) is 1.15. The van der Waals surface area contributed by atoms with Gasteiger partial charge in [-0.25, -0.2) is 0 Å². The Morgan fingerprint density at radius 1 is 1.36 bits per heavy atom. The van der Waals surface area contributed by atoms with Crippen molar-refractivity contribution in [2.75, 3.05) is 13.1 Å². The monoisotopic (exact) mass is 317 g/mol. The molecule has 1 saturated heterocycles. The molecular weight excluding hydrogens is 298 g/mol. The molecule has 4 nitrogen and oxygen atoms in total. The van der Waals surface area contributed by atoms with E-state index < -0.39 is 0 Å². The standard InChI is InChI=1S/C17H20ClN3O/c1-9-16(12-6-11(18)3-5-15(12)20-9)17(22)21-7-10-2-4-14(19)13(10)8-21/h3,5-6,10,13-14,20H,2,4,7-8,19H2,1H3. The summed E-state index contributed by atoms with van der Waals surface area (Å²) in [6.07, 6.45) is 2.24. The third kappa shape index (κ3) is 2.05. The Morgan fingerprint density at radius 3 is 2.95 bits per heavy atom. The van der Waals surface area contributed by atoms with Gasteiger partial charge in [0, 0.05) is 40.8 Å². The van der Waals surface area contributed by atoms with Crippen molar-refractivity contribution in [3.8, 4) is 0 Å². The molecule has 0 bridgehead atoms. The fourth-order valence-electron chi connectivity index (χ4n) is 4.21. The molecule has 1 aliphatic carbocycles. The predicted octanol–water partition coefficient (Wildman–Crippen LogP) is 2.94. The highest BCUT2D eigenvalue weighted by Gasteiger charge is 2.43. The zero-order valence-electron chi connectivity index (χ0n) is 12.6. The second-order valence-corrected chi connectivity index (χ2v) is 7.13. The molecule has 2 heterocycles. The number of hydrogen-bond donors (Lipinski definition) is 2. The number of benzene rings is 1. The molecule has 2 fully saturated rings. The minimum absolute atomic E-state index is 0.104. The summed E-state index contributed by atoms with van der Waals surface area (Å²) < 4.78 is 0. The first kappa shape index (κ1) is 14.1. The molecular formula is C17H20ClN3O. The summed E-state index contributed by atoms with van der Waals surface area (Å²) in [6, 6.07) is 5.89. The molecule has 22 heavy (non-hydrogen) atoms. The topological polar surface area (TPSA) is 62.1 Å². The van der Waals surface area contributed by atoms with Crippen molar-refractivity contribution in [1.29, 1.82) is 0 Å². The van der Waals surface area contributed by atoms with E-state index in [4.69, 9.17) is 17.3 Å². The van der Waals surface area contributed by atoms with E-state index in [0.29, 0.717) is 16.9 Å². The highest BCUT2D eigenvalue weighted by Crippen LogP contribution is 2.38. The van der Waals surface area contributed by atoms with Gasteiger partial charge in [-0.1, -0.05) is 11.6 Å². The zero-order valence-corrected chi connectivity index (χ0v) is 13.4. The highest BCUT2D eigenvalue weighted by atomic mass is 35.5. The van der Waals surface area contributed by atoms with E-state index >= 15 is 0 Å². The number of nitrogens with two attached hydrogens (primary N) is 1. The average Bonchev–Trinajstić information content (AvgIpc) is 3.12. The van der Waals surface area contributed by atoms with Crippen LogP contribution in [0.1, 0.15) is 28.9 Å². The van der Waals surface area contributed by atoms with Crippen molar-refractivity contribution < 1.29 is 4.79 Å². The second-order valence-electron chi connectivity index (χ2n) is 6.69. The number of hydrogen-bond acceptors (Lipinski definition) is 2. The zero-order chi connectivity index (χ0) is 15.4. The molecule has 0 radical (unpaired) electrons. The van der Waals surface area contributed by atoms with Gasteiger partial charge in [0.05, 0.1) is 5.56 Å². The number of aryl methyl sites for hydroxylation is 1. The first-order valence-electron chi connectivity index (χ1n) is 7.87. The summed E-state index contributed by atoms with van der Waals surface area (Å²) in [4.78, 5) is 18.3. The molecule has 2 aliphatic rings. The first-order chi connectivity index (χ1) is 10.5. The van der Waals surface area contributed by atoms with Crippen LogP contribution in [0.15, 0.2) is 18.2 Å². The molecule has 3 atom stereocenters. The van der Waals surface area contributed by atoms with Crippen LogP contribution in [0.5, 0.6) is 0 Å². The molecule has 1 amide bonds. The third-order valence-electron chi connectivity index (χ3n) is 5.36. The van der Waals surface area contributed by atoms with Crippen molar-refractivity contribution in [3.63, 3.8) is 0 Å². The van der Waals surface area contributed by atoms with Crippen LogP contribution < -0.4 is 5.73 Å². The largest absolute Gasteiger partial charge is 0.358 e. The molecule has 5 heteroatoms. The van der Waals surface area contributed by atoms with Crippen LogP contribution in [0.4, 0.5) is 0 Å². The minimum atomic E-state index is 0.104. The molecule has 4 rings (SSSR count). The maximum Gasteiger partial charge on any atom is 0.256 e. The molecule has 1 aromatic heterocycles. The number of amides is 1. The van der Waals surface area contributed by atoms with Crippen LogP contribution in [-0.2, 0) is 0 Å². The summed E-state index contributed by atoms with van der Waals surface area (Å²) in [5, 5.41) is 1.57. The van der Waals surface area contributed by atoms with Gasteiger partial charge in [0.15, 0.2) is 0 Å². The van der Waals surface area contributed by atoms with Crippen molar-refractivity contribution in [1.82, 2.24) is 9.88 Å². The molecule has 116 valence electrons. The van der Waals surface area contributed by atoms with Crippen LogP contribution >= 0.6 is 11.6 Å². The van der Waals surface area contributed by atoms with E-state index in [-0.39, 0.29) is 11.9 Å². The Bertz CT molecular complexity index is 754. The number of nitrogens with zero attached hydrogens (tertiary/aromatic N) is 1. The Labute approximate surface area is 134 Å². The number of likely N-dealkylation sites (tertiary alicyclic amines) is 1. The van der Waals surface area contributed by atoms with Gasteiger partial charge < -0.3 is 15.6 Å². The number of fused-ring (bicyclic) bond motifs is 2. The van der Waals surface area contributed by atoms with E-state index in [2.05, 4.69) is 4.98 Å².